The summed E-state index contributed by atoms with van der Waals surface area (Å²) in [6, 6.07) is 14.9. The van der Waals surface area contributed by atoms with Gasteiger partial charge in [-0.1, -0.05) is 29.8 Å². The van der Waals surface area contributed by atoms with Gasteiger partial charge in [0.05, 0.1) is 11.4 Å². The van der Waals surface area contributed by atoms with E-state index in [0.717, 1.165) is 39.1 Å². The van der Waals surface area contributed by atoms with E-state index < -0.39 is 9.84 Å². The summed E-state index contributed by atoms with van der Waals surface area (Å²) >= 11 is 0. The van der Waals surface area contributed by atoms with Crippen LogP contribution in [0.15, 0.2) is 53.4 Å². The lowest BCUT2D eigenvalue weighted by Gasteiger charge is -2.21. The first kappa shape index (κ1) is 21.5. The van der Waals surface area contributed by atoms with Crippen molar-refractivity contribution >= 4 is 21.4 Å². The van der Waals surface area contributed by atoms with Gasteiger partial charge in [-0.25, -0.2) is 8.42 Å². The topological polar surface area (TPSA) is 69.7 Å². The molecule has 0 bridgehead atoms. The van der Waals surface area contributed by atoms with E-state index in [1.54, 1.807) is 12.1 Å². The van der Waals surface area contributed by atoms with Gasteiger partial charge in [-0.15, -0.1) is 0 Å². The molecule has 3 rings (SSSR count). The highest BCUT2D eigenvalue weighted by molar-refractivity contribution is 7.90. The number of amides is 1. The van der Waals surface area contributed by atoms with Gasteiger partial charge >= 0.3 is 0 Å². The SMILES string of the molecule is Cc1ccc(CN2CCCN(CC(=O)Nc3ccc(S(C)(=O)=O)cc3)CC2)cc1. The first-order valence-electron chi connectivity index (χ1n) is 9.90. The summed E-state index contributed by atoms with van der Waals surface area (Å²) in [6.07, 6.45) is 2.20. The number of rotatable bonds is 6. The van der Waals surface area contributed by atoms with Crippen molar-refractivity contribution in [2.24, 2.45) is 0 Å². The van der Waals surface area contributed by atoms with Gasteiger partial charge in [-0.2, -0.15) is 0 Å². The maximum Gasteiger partial charge on any atom is 0.238 e. The van der Waals surface area contributed by atoms with Crippen LogP contribution in [0.4, 0.5) is 5.69 Å². The lowest BCUT2D eigenvalue weighted by atomic mass is 10.1. The fraction of sp³-hybridized carbons (Fsp3) is 0.409. The molecule has 1 aliphatic heterocycles. The van der Waals surface area contributed by atoms with E-state index in [2.05, 4.69) is 46.3 Å². The second kappa shape index (κ2) is 9.52. The molecule has 6 nitrogen and oxygen atoms in total. The predicted molar refractivity (Wildman–Crippen MR) is 116 cm³/mol. The molecule has 0 saturated carbocycles. The predicted octanol–water partition coefficient (Wildman–Crippen LogP) is 2.54. The number of hydrogen-bond acceptors (Lipinski definition) is 5. The van der Waals surface area contributed by atoms with Gasteiger partial charge in [0.25, 0.3) is 0 Å². The van der Waals surface area contributed by atoms with Gasteiger partial charge < -0.3 is 5.32 Å². The molecule has 29 heavy (non-hydrogen) atoms. The number of anilines is 1. The normalized spacial score (nSPS) is 16.3. The molecule has 1 N–H and O–H groups in total. The second-order valence-electron chi connectivity index (χ2n) is 7.74. The summed E-state index contributed by atoms with van der Waals surface area (Å²) in [4.78, 5) is 17.3. The molecule has 0 spiro atoms. The quantitative estimate of drug-likeness (QED) is 0.785. The van der Waals surface area contributed by atoms with E-state index in [0.29, 0.717) is 12.2 Å². The molecular formula is C22H29N3O3S. The molecule has 1 aliphatic rings. The summed E-state index contributed by atoms with van der Waals surface area (Å²) in [7, 11) is -3.23. The molecule has 0 atom stereocenters. The Kier molecular flexibility index (Phi) is 7.05. The minimum absolute atomic E-state index is 0.0795. The van der Waals surface area contributed by atoms with Crippen LogP contribution in [-0.2, 0) is 21.2 Å². The smallest absolute Gasteiger partial charge is 0.238 e. The molecule has 0 aromatic heterocycles. The summed E-state index contributed by atoms with van der Waals surface area (Å²) in [5, 5.41) is 2.86. The number of nitrogens with zero attached hydrogens (tertiary/aromatic N) is 2. The fourth-order valence-electron chi connectivity index (χ4n) is 3.48. The van der Waals surface area contributed by atoms with Crippen molar-refractivity contribution in [3.05, 3.63) is 59.7 Å². The molecule has 2 aromatic rings. The molecule has 156 valence electrons. The molecule has 1 heterocycles. The van der Waals surface area contributed by atoms with Crippen LogP contribution in [0.5, 0.6) is 0 Å². The van der Waals surface area contributed by atoms with Crippen LogP contribution in [0, 0.1) is 6.92 Å². The van der Waals surface area contributed by atoms with E-state index in [-0.39, 0.29) is 10.8 Å². The Hall–Kier alpha value is -2.22. The zero-order valence-electron chi connectivity index (χ0n) is 17.1. The van der Waals surface area contributed by atoms with Gasteiger partial charge in [0.15, 0.2) is 9.84 Å². The number of aryl methyl sites for hydroxylation is 1. The van der Waals surface area contributed by atoms with Gasteiger partial charge in [0, 0.05) is 31.6 Å². The molecule has 1 amide bonds. The first-order valence-corrected chi connectivity index (χ1v) is 11.8. The highest BCUT2D eigenvalue weighted by atomic mass is 32.2. The Morgan fingerprint density at radius 2 is 1.55 bits per heavy atom. The molecular weight excluding hydrogens is 386 g/mol. The van der Waals surface area contributed by atoms with Crippen molar-refractivity contribution < 1.29 is 13.2 Å². The molecule has 0 unspecified atom stereocenters. The van der Waals surface area contributed by atoms with Gasteiger partial charge in [0.2, 0.25) is 5.91 Å². The maximum atomic E-state index is 12.4. The Morgan fingerprint density at radius 1 is 0.931 bits per heavy atom. The number of carbonyl (C=O) groups is 1. The molecule has 1 fully saturated rings. The average Bonchev–Trinajstić information content (AvgIpc) is 2.88. The van der Waals surface area contributed by atoms with Crippen LogP contribution in [0.3, 0.4) is 0 Å². The molecule has 2 aromatic carbocycles. The zero-order valence-corrected chi connectivity index (χ0v) is 17.9. The standard InChI is InChI=1S/C22H29N3O3S/c1-18-4-6-19(7-5-18)16-24-12-3-13-25(15-14-24)17-22(26)23-20-8-10-21(11-9-20)29(2,27)28/h4-11H,3,12-17H2,1-2H3,(H,23,26). The van der Waals surface area contributed by atoms with Gasteiger partial charge in [0.1, 0.15) is 0 Å². The number of hydrogen-bond donors (Lipinski definition) is 1. The average molecular weight is 416 g/mol. The van der Waals surface area contributed by atoms with Crippen molar-refractivity contribution in [1.29, 1.82) is 0 Å². The molecule has 7 heteroatoms. The summed E-state index contributed by atoms with van der Waals surface area (Å²) in [5.74, 6) is -0.0795. The number of benzene rings is 2. The maximum absolute atomic E-state index is 12.4. The monoisotopic (exact) mass is 415 g/mol. The van der Waals surface area contributed by atoms with E-state index >= 15 is 0 Å². The van der Waals surface area contributed by atoms with Gasteiger partial charge in [-0.05, 0) is 56.3 Å². The lowest BCUT2D eigenvalue weighted by molar-refractivity contribution is -0.117. The van der Waals surface area contributed by atoms with E-state index in [1.165, 1.54) is 29.5 Å². The Balaban J connectivity index is 1.48. The second-order valence-corrected chi connectivity index (χ2v) is 9.75. The Morgan fingerprint density at radius 3 is 2.21 bits per heavy atom. The third kappa shape index (κ3) is 6.66. The summed E-state index contributed by atoms with van der Waals surface area (Å²) in [5.41, 5.74) is 3.20. The first-order chi connectivity index (χ1) is 13.8. The highest BCUT2D eigenvalue weighted by Crippen LogP contribution is 2.14. The number of nitrogens with one attached hydrogen (secondary N) is 1. The minimum Gasteiger partial charge on any atom is -0.325 e. The van der Waals surface area contributed by atoms with Crippen LogP contribution < -0.4 is 5.32 Å². The fourth-order valence-corrected chi connectivity index (χ4v) is 4.11. The van der Waals surface area contributed by atoms with Crippen LogP contribution >= 0.6 is 0 Å². The molecule has 0 aliphatic carbocycles. The van der Waals surface area contributed by atoms with E-state index in [1.807, 2.05) is 0 Å². The minimum atomic E-state index is -3.23. The third-order valence-corrected chi connectivity index (χ3v) is 6.27. The van der Waals surface area contributed by atoms with Crippen LogP contribution in [-0.4, -0.2) is 63.1 Å². The van der Waals surface area contributed by atoms with E-state index in [4.69, 9.17) is 0 Å². The van der Waals surface area contributed by atoms with Crippen LogP contribution in [0.25, 0.3) is 0 Å². The number of carbonyl (C=O) groups excluding carboxylic acids is 1. The van der Waals surface area contributed by atoms with Crippen molar-refractivity contribution in [3.63, 3.8) is 0 Å². The number of sulfone groups is 1. The van der Waals surface area contributed by atoms with Crippen LogP contribution in [0.2, 0.25) is 0 Å². The van der Waals surface area contributed by atoms with Crippen molar-refractivity contribution in [2.75, 3.05) is 44.3 Å². The Bertz CT molecular complexity index is 925. The van der Waals surface area contributed by atoms with Crippen molar-refractivity contribution in [2.45, 2.75) is 24.8 Å². The van der Waals surface area contributed by atoms with Crippen molar-refractivity contribution in [3.8, 4) is 0 Å². The molecule has 1 saturated heterocycles. The molecule has 0 radical (unpaired) electrons. The largest absolute Gasteiger partial charge is 0.325 e. The van der Waals surface area contributed by atoms with Crippen LogP contribution in [0.1, 0.15) is 17.5 Å². The zero-order chi connectivity index (χ0) is 20.9. The highest BCUT2D eigenvalue weighted by Gasteiger charge is 2.17. The van der Waals surface area contributed by atoms with Crippen molar-refractivity contribution in [1.82, 2.24) is 9.80 Å². The summed E-state index contributed by atoms with van der Waals surface area (Å²) < 4.78 is 23.0. The third-order valence-electron chi connectivity index (χ3n) is 5.14. The van der Waals surface area contributed by atoms with E-state index in [9.17, 15) is 13.2 Å². The summed E-state index contributed by atoms with van der Waals surface area (Å²) in [6.45, 7) is 7.08. The Labute approximate surface area is 173 Å². The van der Waals surface area contributed by atoms with Gasteiger partial charge in [-0.3, -0.25) is 14.6 Å². The lowest BCUT2D eigenvalue weighted by Crippen LogP contribution is -2.36.